The Labute approximate surface area is 191 Å². The minimum absolute atomic E-state index is 0.119. The Bertz CT molecular complexity index is 1100. The summed E-state index contributed by atoms with van der Waals surface area (Å²) in [5.74, 6) is -0.733. The zero-order chi connectivity index (χ0) is 23.6. The lowest BCUT2D eigenvalue weighted by molar-refractivity contribution is -0.151. The molecule has 9 heteroatoms. The number of anilines is 1. The number of carbonyl (C=O) groups is 3. The van der Waals surface area contributed by atoms with E-state index in [1.54, 1.807) is 35.1 Å². The van der Waals surface area contributed by atoms with E-state index in [4.69, 9.17) is 9.47 Å². The highest BCUT2D eigenvalue weighted by atomic mass is 16.5. The molecule has 172 valence electrons. The second kappa shape index (κ2) is 11.5. The van der Waals surface area contributed by atoms with Gasteiger partial charge in [0, 0.05) is 31.4 Å². The third-order valence-corrected chi connectivity index (χ3v) is 4.79. The number of hydrogen-bond donors (Lipinski definition) is 1. The molecule has 0 aliphatic carbocycles. The van der Waals surface area contributed by atoms with Gasteiger partial charge in [-0.25, -0.2) is 4.68 Å². The van der Waals surface area contributed by atoms with Crippen LogP contribution < -0.4 is 10.1 Å². The van der Waals surface area contributed by atoms with Gasteiger partial charge in [0.15, 0.2) is 6.61 Å². The number of amides is 2. The molecule has 0 unspecified atom stereocenters. The molecule has 0 aliphatic heterocycles. The van der Waals surface area contributed by atoms with E-state index in [1.165, 1.54) is 19.1 Å². The number of para-hydroxylation sites is 1. The number of aryl methyl sites for hydroxylation is 1. The Morgan fingerprint density at radius 2 is 1.88 bits per heavy atom. The molecule has 1 heterocycles. The highest BCUT2D eigenvalue weighted by Crippen LogP contribution is 2.16. The van der Waals surface area contributed by atoms with Crippen LogP contribution in [0.5, 0.6) is 5.75 Å². The Kier molecular flexibility index (Phi) is 8.18. The van der Waals surface area contributed by atoms with Crippen molar-refractivity contribution in [3.8, 4) is 11.4 Å². The van der Waals surface area contributed by atoms with E-state index in [1.807, 2.05) is 36.5 Å². The zero-order valence-corrected chi connectivity index (χ0v) is 18.6. The van der Waals surface area contributed by atoms with Gasteiger partial charge in [0.1, 0.15) is 5.75 Å². The SMILES string of the molecule is COc1cccc(NC(=O)CN(C)C(=O)COC(=O)CCc2cnn(-c3ccccc3)c2)c1. The van der Waals surface area contributed by atoms with Crippen molar-refractivity contribution in [2.45, 2.75) is 12.8 Å². The predicted octanol–water partition coefficient (Wildman–Crippen LogP) is 2.45. The minimum atomic E-state index is -0.495. The Balaban J connectivity index is 1.38. The topological polar surface area (TPSA) is 103 Å². The number of benzene rings is 2. The first-order valence-electron chi connectivity index (χ1n) is 10.4. The lowest BCUT2D eigenvalue weighted by Gasteiger charge is -2.17. The number of carbonyl (C=O) groups excluding carboxylic acids is 3. The quantitative estimate of drug-likeness (QED) is 0.476. The first kappa shape index (κ1) is 23.5. The van der Waals surface area contributed by atoms with Crippen LogP contribution in [0.4, 0.5) is 5.69 Å². The molecular weight excluding hydrogens is 424 g/mol. The van der Waals surface area contributed by atoms with Crippen molar-refractivity contribution in [1.29, 1.82) is 0 Å². The molecule has 0 aliphatic rings. The van der Waals surface area contributed by atoms with Gasteiger partial charge >= 0.3 is 5.97 Å². The summed E-state index contributed by atoms with van der Waals surface area (Å²) >= 11 is 0. The van der Waals surface area contributed by atoms with Crippen LogP contribution in [0, 0.1) is 0 Å². The van der Waals surface area contributed by atoms with E-state index in [0.717, 1.165) is 11.3 Å². The van der Waals surface area contributed by atoms with E-state index in [9.17, 15) is 14.4 Å². The summed E-state index contributed by atoms with van der Waals surface area (Å²) in [6.07, 6.45) is 4.11. The molecule has 0 radical (unpaired) electrons. The lowest BCUT2D eigenvalue weighted by atomic mass is 10.2. The number of nitrogens with zero attached hydrogens (tertiary/aromatic N) is 3. The number of methoxy groups -OCH3 is 1. The number of ether oxygens (including phenoxy) is 2. The molecule has 1 N–H and O–H groups in total. The summed E-state index contributed by atoms with van der Waals surface area (Å²) in [6, 6.07) is 16.5. The van der Waals surface area contributed by atoms with Gasteiger partial charge < -0.3 is 19.7 Å². The zero-order valence-electron chi connectivity index (χ0n) is 18.6. The lowest BCUT2D eigenvalue weighted by Crippen LogP contribution is -2.37. The van der Waals surface area contributed by atoms with Gasteiger partial charge in [-0.1, -0.05) is 24.3 Å². The summed E-state index contributed by atoms with van der Waals surface area (Å²) in [7, 11) is 3.01. The summed E-state index contributed by atoms with van der Waals surface area (Å²) in [5.41, 5.74) is 2.37. The second-order valence-electron chi connectivity index (χ2n) is 7.32. The number of likely N-dealkylation sites (N-methyl/N-ethyl adjacent to an activating group) is 1. The maximum absolute atomic E-state index is 12.2. The molecule has 3 aromatic rings. The first-order chi connectivity index (χ1) is 15.9. The summed E-state index contributed by atoms with van der Waals surface area (Å²) < 4.78 is 11.9. The highest BCUT2D eigenvalue weighted by Gasteiger charge is 2.16. The third-order valence-electron chi connectivity index (χ3n) is 4.79. The summed E-state index contributed by atoms with van der Waals surface area (Å²) in [6.45, 7) is -0.600. The van der Waals surface area contributed by atoms with E-state index in [0.29, 0.717) is 17.9 Å². The predicted molar refractivity (Wildman–Crippen MR) is 122 cm³/mol. The fourth-order valence-electron chi connectivity index (χ4n) is 2.99. The second-order valence-corrected chi connectivity index (χ2v) is 7.32. The molecule has 9 nitrogen and oxygen atoms in total. The normalized spacial score (nSPS) is 10.4. The number of rotatable bonds is 10. The van der Waals surface area contributed by atoms with E-state index in [-0.39, 0.29) is 18.9 Å². The third kappa shape index (κ3) is 7.20. The molecule has 3 rings (SSSR count). The average molecular weight is 450 g/mol. The maximum atomic E-state index is 12.2. The summed E-state index contributed by atoms with van der Waals surface area (Å²) in [4.78, 5) is 37.6. The Morgan fingerprint density at radius 3 is 2.64 bits per heavy atom. The van der Waals surface area contributed by atoms with Crippen LogP contribution in [0.3, 0.4) is 0 Å². The molecule has 2 aromatic carbocycles. The molecule has 1 aromatic heterocycles. The van der Waals surface area contributed by atoms with Crippen molar-refractivity contribution >= 4 is 23.5 Å². The van der Waals surface area contributed by atoms with Gasteiger partial charge in [-0.2, -0.15) is 5.10 Å². The van der Waals surface area contributed by atoms with Gasteiger partial charge in [0.25, 0.3) is 5.91 Å². The van der Waals surface area contributed by atoms with Gasteiger partial charge in [0.05, 0.1) is 25.5 Å². The molecule has 2 amide bonds. The van der Waals surface area contributed by atoms with Crippen LogP contribution >= 0.6 is 0 Å². The highest BCUT2D eigenvalue weighted by molar-refractivity contribution is 5.94. The summed E-state index contributed by atoms with van der Waals surface area (Å²) in [5, 5.41) is 6.98. The largest absolute Gasteiger partial charge is 0.497 e. The van der Waals surface area contributed by atoms with Crippen LogP contribution in [-0.2, 0) is 25.5 Å². The molecule has 0 saturated carbocycles. The smallest absolute Gasteiger partial charge is 0.306 e. The van der Waals surface area contributed by atoms with Gasteiger partial charge in [-0.05, 0) is 36.2 Å². The molecular formula is C24H26N4O5. The van der Waals surface area contributed by atoms with E-state index in [2.05, 4.69) is 10.4 Å². The van der Waals surface area contributed by atoms with Gasteiger partial charge in [-0.15, -0.1) is 0 Å². The van der Waals surface area contributed by atoms with Gasteiger partial charge in [0.2, 0.25) is 5.91 Å². The monoisotopic (exact) mass is 450 g/mol. The van der Waals surface area contributed by atoms with Crippen molar-refractivity contribution in [3.05, 3.63) is 72.6 Å². The Hall–Kier alpha value is -4.14. The Morgan fingerprint density at radius 1 is 1.09 bits per heavy atom. The van der Waals surface area contributed by atoms with E-state index >= 15 is 0 Å². The molecule has 0 fully saturated rings. The fraction of sp³-hybridized carbons (Fsp3) is 0.250. The minimum Gasteiger partial charge on any atom is -0.497 e. The standard InChI is InChI=1S/C24H26N4O5/c1-27(16-22(29)26-19-7-6-10-21(13-19)32-2)23(30)17-33-24(31)12-11-18-14-25-28(15-18)20-8-4-3-5-9-20/h3-10,13-15H,11-12,16-17H2,1-2H3,(H,26,29). The van der Waals surface area contributed by atoms with Crippen LogP contribution in [-0.4, -0.2) is 59.8 Å². The van der Waals surface area contributed by atoms with Crippen LogP contribution in [0.1, 0.15) is 12.0 Å². The van der Waals surface area contributed by atoms with Crippen molar-refractivity contribution in [1.82, 2.24) is 14.7 Å². The first-order valence-corrected chi connectivity index (χ1v) is 10.4. The van der Waals surface area contributed by atoms with Crippen molar-refractivity contribution in [3.63, 3.8) is 0 Å². The van der Waals surface area contributed by atoms with Crippen LogP contribution in [0.2, 0.25) is 0 Å². The van der Waals surface area contributed by atoms with Crippen molar-refractivity contribution in [2.24, 2.45) is 0 Å². The molecule has 0 atom stereocenters. The average Bonchev–Trinajstić information content (AvgIpc) is 3.31. The van der Waals surface area contributed by atoms with Crippen molar-refractivity contribution < 1.29 is 23.9 Å². The number of hydrogen-bond acceptors (Lipinski definition) is 6. The molecule has 0 spiro atoms. The van der Waals surface area contributed by atoms with Gasteiger partial charge in [-0.3, -0.25) is 14.4 Å². The number of nitrogens with one attached hydrogen (secondary N) is 1. The molecule has 0 saturated heterocycles. The maximum Gasteiger partial charge on any atom is 0.306 e. The molecule has 33 heavy (non-hydrogen) atoms. The van der Waals surface area contributed by atoms with E-state index < -0.39 is 18.5 Å². The van der Waals surface area contributed by atoms with Crippen LogP contribution in [0.15, 0.2) is 67.0 Å². The van der Waals surface area contributed by atoms with Crippen molar-refractivity contribution in [2.75, 3.05) is 32.6 Å². The molecule has 0 bridgehead atoms. The number of aromatic nitrogens is 2. The fourth-order valence-corrected chi connectivity index (χ4v) is 2.99. The number of esters is 1. The van der Waals surface area contributed by atoms with Crippen LogP contribution in [0.25, 0.3) is 5.69 Å².